The summed E-state index contributed by atoms with van der Waals surface area (Å²) in [6.45, 7) is 0.944. The number of hydrogen-bond acceptors (Lipinski definition) is 3. The zero-order chi connectivity index (χ0) is 10.4. The zero-order valence-electron chi connectivity index (χ0n) is 7.88. The van der Waals surface area contributed by atoms with E-state index in [1.54, 1.807) is 0 Å². The highest BCUT2D eigenvalue weighted by Crippen LogP contribution is 2.08. The topological polar surface area (TPSA) is 82.0 Å². The Kier molecular flexibility index (Phi) is 3.92. The van der Waals surface area contributed by atoms with Crippen molar-refractivity contribution in [3.05, 3.63) is 0 Å². The van der Waals surface area contributed by atoms with Crippen LogP contribution in [-0.4, -0.2) is 24.9 Å². The quantitative estimate of drug-likeness (QED) is 0.596. The molecule has 5 nitrogen and oxygen atoms in total. The van der Waals surface area contributed by atoms with Crippen molar-refractivity contribution in [2.75, 3.05) is 13.1 Å². The van der Waals surface area contributed by atoms with Gasteiger partial charge in [0.25, 0.3) is 0 Å². The fourth-order valence-corrected chi connectivity index (χ4v) is 1.31. The molecule has 1 fully saturated rings. The molecule has 1 heterocycles. The van der Waals surface area contributed by atoms with E-state index in [0.717, 1.165) is 0 Å². The summed E-state index contributed by atoms with van der Waals surface area (Å²) in [4.78, 5) is 22.2. The van der Waals surface area contributed by atoms with Gasteiger partial charge in [0.1, 0.15) is 0 Å². The lowest BCUT2D eigenvalue weighted by Crippen LogP contribution is -2.32. The molecule has 2 amide bonds. The molecule has 1 unspecified atom stereocenters. The van der Waals surface area contributed by atoms with Crippen LogP contribution in [0.3, 0.4) is 0 Å². The second-order valence-electron chi connectivity index (χ2n) is 3.26. The Morgan fingerprint density at radius 3 is 3.07 bits per heavy atom. The van der Waals surface area contributed by atoms with Gasteiger partial charge >= 0.3 is 0 Å². The van der Waals surface area contributed by atoms with Crippen molar-refractivity contribution in [2.24, 2.45) is 5.92 Å². The zero-order valence-corrected chi connectivity index (χ0v) is 7.88. The second-order valence-corrected chi connectivity index (χ2v) is 3.26. The molecule has 0 radical (unpaired) electrons. The summed E-state index contributed by atoms with van der Waals surface area (Å²) in [5.74, 6) is -0.395. The molecule has 0 aromatic carbocycles. The van der Waals surface area contributed by atoms with Crippen molar-refractivity contribution in [1.82, 2.24) is 10.6 Å². The molecule has 14 heavy (non-hydrogen) atoms. The fourth-order valence-electron chi connectivity index (χ4n) is 1.31. The average molecular weight is 195 g/mol. The number of nitriles is 1. The molecular weight excluding hydrogens is 182 g/mol. The minimum absolute atomic E-state index is 0.0674. The number of carbonyl (C=O) groups excluding carboxylic acids is 2. The molecule has 1 aliphatic heterocycles. The van der Waals surface area contributed by atoms with Crippen LogP contribution < -0.4 is 10.6 Å². The number of carbonyl (C=O) groups is 2. The number of nitrogens with zero attached hydrogens (tertiary/aromatic N) is 1. The molecule has 1 rings (SSSR count). The van der Waals surface area contributed by atoms with E-state index in [1.165, 1.54) is 0 Å². The number of hydrogen-bond donors (Lipinski definition) is 2. The lowest BCUT2D eigenvalue weighted by molar-refractivity contribution is -0.126. The minimum Gasteiger partial charge on any atom is -0.356 e. The van der Waals surface area contributed by atoms with E-state index in [4.69, 9.17) is 5.26 Å². The molecule has 1 atom stereocenters. The molecule has 0 saturated carbocycles. The van der Waals surface area contributed by atoms with Gasteiger partial charge in [-0.15, -0.1) is 0 Å². The standard InChI is InChI=1S/C9H13N3O2/c10-3-1-2-4-11-9(14)7-5-8(13)12-6-7/h7H,1-2,4-6H2,(H,11,14)(H,12,13). The van der Waals surface area contributed by atoms with E-state index in [2.05, 4.69) is 10.6 Å². The third-order valence-corrected chi connectivity index (χ3v) is 2.11. The molecule has 0 aromatic heterocycles. The van der Waals surface area contributed by atoms with Crippen LogP contribution in [0.4, 0.5) is 0 Å². The first-order valence-electron chi connectivity index (χ1n) is 4.65. The summed E-state index contributed by atoms with van der Waals surface area (Å²) in [5, 5.41) is 13.6. The van der Waals surface area contributed by atoms with Gasteiger partial charge in [-0.3, -0.25) is 9.59 Å². The highest BCUT2D eigenvalue weighted by molar-refractivity contribution is 5.89. The lowest BCUT2D eigenvalue weighted by Gasteiger charge is -2.07. The maximum Gasteiger partial charge on any atom is 0.225 e. The molecule has 1 aliphatic rings. The average Bonchev–Trinajstić information content (AvgIpc) is 2.59. The molecule has 0 spiro atoms. The third-order valence-electron chi connectivity index (χ3n) is 2.11. The number of amides is 2. The fraction of sp³-hybridized carbons (Fsp3) is 0.667. The Hall–Kier alpha value is -1.57. The number of unbranched alkanes of at least 4 members (excludes halogenated alkanes) is 1. The van der Waals surface area contributed by atoms with Crippen LogP contribution in [0.15, 0.2) is 0 Å². The Morgan fingerprint density at radius 2 is 2.50 bits per heavy atom. The SMILES string of the molecule is N#CCCCNC(=O)C1CNC(=O)C1. The van der Waals surface area contributed by atoms with Gasteiger partial charge in [-0.1, -0.05) is 0 Å². The third kappa shape index (κ3) is 3.05. The molecule has 5 heteroatoms. The van der Waals surface area contributed by atoms with E-state index in [-0.39, 0.29) is 24.2 Å². The lowest BCUT2D eigenvalue weighted by atomic mass is 10.1. The van der Waals surface area contributed by atoms with Crippen molar-refractivity contribution >= 4 is 11.8 Å². The van der Waals surface area contributed by atoms with Crippen LogP contribution in [0, 0.1) is 17.2 Å². The van der Waals surface area contributed by atoms with Crippen LogP contribution in [0.2, 0.25) is 0 Å². The summed E-state index contributed by atoms with van der Waals surface area (Å²) in [6, 6.07) is 2.00. The van der Waals surface area contributed by atoms with Gasteiger partial charge in [0, 0.05) is 25.9 Å². The molecule has 0 bridgehead atoms. The van der Waals surface area contributed by atoms with E-state index in [9.17, 15) is 9.59 Å². The normalized spacial score (nSPS) is 19.9. The second kappa shape index (κ2) is 5.22. The summed E-state index contributed by atoms with van der Waals surface area (Å²) in [6.07, 6.45) is 1.39. The van der Waals surface area contributed by atoms with Gasteiger partial charge in [-0.2, -0.15) is 5.26 Å². The molecule has 2 N–H and O–H groups in total. The van der Waals surface area contributed by atoms with Crippen molar-refractivity contribution in [3.63, 3.8) is 0 Å². The Balaban J connectivity index is 2.16. The van der Waals surface area contributed by atoms with Gasteiger partial charge in [0.05, 0.1) is 12.0 Å². The number of nitrogens with one attached hydrogen (secondary N) is 2. The van der Waals surface area contributed by atoms with Crippen molar-refractivity contribution in [2.45, 2.75) is 19.3 Å². The van der Waals surface area contributed by atoms with Gasteiger partial charge in [-0.25, -0.2) is 0 Å². The van der Waals surface area contributed by atoms with E-state index < -0.39 is 0 Å². The summed E-state index contributed by atoms with van der Waals surface area (Å²) in [5.41, 5.74) is 0. The van der Waals surface area contributed by atoms with Gasteiger partial charge < -0.3 is 10.6 Å². The van der Waals surface area contributed by atoms with Crippen molar-refractivity contribution < 1.29 is 9.59 Å². The maximum absolute atomic E-state index is 11.4. The Bertz CT molecular complexity index is 270. The monoisotopic (exact) mass is 195 g/mol. The first-order valence-corrected chi connectivity index (χ1v) is 4.65. The van der Waals surface area contributed by atoms with Crippen LogP contribution in [-0.2, 0) is 9.59 Å². The van der Waals surface area contributed by atoms with Gasteiger partial charge in [0.15, 0.2) is 0 Å². The predicted molar refractivity (Wildman–Crippen MR) is 49.0 cm³/mol. The summed E-state index contributed by atoms with van der Waals surface area (Å²) >= 11 is 0. The maximum atomic E-state index is 11.4. The first-order chi connectivity index (χ1) is 6.74. The Morgan fingerprint density at radius 1 is 1.71 bits per heavy atom. The predicted octanol–water partition coefficient (Wildman–Crippen LogP) is -0.458. The molecular formula is C9H13N3O2. The largest absolute Gasteiger partial charge is 0.356 e. The van der Waals surface area contributed by atoms with Gasteiger partial charge in [-0.05, 0) is 6.42 Å². The first kappa shape index (κ1) is 10.5. The Labute approximate surface area is 82.5 Å². The van der Waals surface area contributed by atoms with Crippen LogP contribution >= 0.6 is 0 Å². The van der Waals surface area contributed by atoms with Crippen LogP contribution in [0.1, 0.15) is 19.3 Å². The summed E-state index contributed by atoms with van der Waals surface area (Å²) in [7, 11) is 0. The highest BCUT2D eigenvalue weighted by Gasteiger charge is 2.27. The molecule has 76 valence electrons. The van der Waals surface area contributed by atoms with Crippen LogP contribution in [0.25, 0.3) is 0 Å². The van der Waals surface area contributed by atoms with Gasteiger partial charge in [0.2, 0.25) is 11.8 Å². The van der Waals surface area contributed by atoms with Crippen LogP contribution in [0.5, 0.6) is 0 Å². The van der Waals surface area contributed by atoms with Crippen molar-refractivity contribution in [1.29, 1.82) is 5.26 Å². The smallest absolute Gasteiger partial charge is 0.225 e. The van der Waals surface area contributed by atoms with Crippen molar-refractivity contribution in [3.8, 4) is 6.07 Å². The molecule has 1 saturated heterocycles. The molecule has 0 aliphatic carbocycles. The van der Waals surface area contributed by atoms with E-state index in [0.29, 0.717) is 25.9 Å². The van der Waals surface area contributed by atoms with E-state index in [1.807, 2.05) is 6.07 Å². The number of rotatable bonds is 4. The summed E-state index contributed by atoms with van der Waals surface area (Å²) < 4.78 is 0. The molecule has 0 aromatic rings. The minimum atomic E-state index is -0.232. The van der Waals surface area contributed by atoms with E-state index >= 15 is 0 Å². The highest BCUT2D eigenvalue weighted by atomic mass is 16.2.